The van der Waals surface area contributed by atoms with Gasteiger partial charge in [0.2, 0.25) is 0 Å². The van der Waals surface area contributed by atoms with Crippen LogP contribution in [0.4, 0.5) is 0 Å². The van der Waals surface area contributed by atoms with Gasteiger partial charge in [-0.1, -0.05) is 46.5 Å². The summed E-state index contributed by atoms with van der Waals surface area (Å²) in [7, 11) is 0. The van der Waals surface area contributed by atoms with Gasteiger partial charge >= 0.3 is 0 Å². The van der Waals surface area contributed by atoms with Crippen molar-refractivity contribution in [2.45, 2.75) is 71.3 Å². The van der Waals surface area contributed by atoms with E-state index >= 15 is 0 Å². The van der Waals surface area contributed by atoms with E-state index in [0.717, 1.165) is 25.7 Å². The second kappa shape index (κ2) is 6.47. The van der Waals surface area contributed by atoms with Crippen molar-refractivity contribution in [1.82, 2.24) is 0 Å². The molecule has 0 aromatic carbocycles. The Labute approximate surface area is 77.2 Å². The highest BCUT2D eigenvalue weighted by Gasteiger charge is 2.23. The van der Waals surface area contributed by atoms with Gasteiger partial charge in [0.05, 0.1) is 0 Å². The Morgan fingerprint density at radius 1 is 0.917 bits per heavy atom. The Balaban J connectivity index is 3.45. The first-order valence-corrected chi connectivity index (χ1v) is 5.39. The Bertz CT molecular complexity index is 95.2. The summed E-state index contributed by atoms with van der Waals surface area (Å²) in [6, 6.07) is 0. The van der Waals surface area contributed by atoms with E-state index < -0.39 is 5.60 Å². The molecule has 0 aromatic rings. The molecule has 1 nitrogen and oxygen atoms in total. The Morgan fingerprint density at radius 2 is 1.50 bits per heavy atom. The van der Waals surface area contributed by atoms with Gasteiger partial charge < -0.3 is 0 Å². The van der Waals surface area contributed by atoms with Crippen LogP contribution in [0.2, 0.25) is 0 Å². The van der Waals surface area contributed by atoms with Crippen molar-refractivity contribution < 1.29 is 5.11 Å². The van der Waals surface area contributed by atoms with Gasteiger partial charge in [-0.15, -0.1) is 0 Å². The maximum Gasteiger partial charge on any atom is 0.103 e. The van der Waals surface area contributed by atoms with Gasteiger partial charge in [0.1, 0.15) is 5.60 Å². The summed E-state index contributed by atoms with van der Waals surface area (Å²) in [4.78, 5) is 0. The molecule has 0 spiro atoms. The van der Waals surface area contributed by atoms with E-state index in [1.165, 1.54) is 19.3 Å². The van der Waals surface area contributed by atoms with Gasteiger partial charge in [0.25, 0.3) is 0 Å². The molecule has 0 fully saturated rings. The smallest absolute Gasteiger partial charge is 0.103 e. The van der Waals surface area contributed by atoms with Crippen molar-refractivity contribution in [1.29, 1.82) is 0 Å². The van der Waals surface area contributed by atoms with Crippen LogP contribution in [-0.2, 0) is 5.11 Å². The average Bonchev–Trinajstić information content (AvgIpc) is 2.12. The van der Waals surface area contributed by atoms with E-state index in [0.29, 0.717) is 0 Å². The molecule has 0 aliphatic rings. The molecule has 0 atom stereocenters. The molecule has 0 aliphatic heterocycles. The lowest BCUT2D eigenvalue weighted by Crippen LogP contribution is -2.24. The van der Waals surface area contributed by atoms with E-state index in [9.17, 15) is 5.11 Å². The summed E-state index contributed by atoms with van der Waals surface area (Å²) >= 11 is 0. The van der Waals surface area contributed by atoms with Crippen LogP contribution < -0.4 is 0 Å². The highest BCUT2D eigenvalue weighted by Crippen LogP contribution is 2.23. The van der Waals surface area contributed by atoms with E-state index in [1.807, 2.05) is 13.8 Å². The molecule has 1 heteroatoms. The molecule has 1 radical (unpaired) electrons. The zero-order valence-electron chi connectivity index (χ0n) is 8.86. The average molecular weight is 171 g/mol. The van der Waals surface area contributed by atoms with Crippen LogP contribution >= 0.6 is 0 Å². The third kappa shape index (κ3) is 4.76. The normalized spacial score (nSPS) is 12.0. The molecule has 12 heavy (non-hydrogen) atoms. The second-order valence-corrected chi connectivity index (χ2v) is 3.70. The number of hydrogen-bond donors (Lipinski definition) is 0. The first-order valence-electron chi connectivity index (χ1n) is 5.39. The molecule has 0 unspecified atom stereocenters. The number of unbranched alkanes of at least 4 members (excludes halogenated alkanes) is 3. The lowest BCUT2D eigenvalue weighted by Gasteiger charge is -2.21. The van der Waals surface area contributed by atoms with Crippen molar-refractivity contribution in [2.24, 2.45) is 0 Å². The van der Waals surface area contributed by atoms with Gasteiger partial charge in [-0.05, 0) is 19.3 Å². The van der Waals surface area contributed by atoms with Crippen molar-refractivity contribution >= 4 is 0 Å². The predicted octanol–water partition coefficient (Wildman–Crippen LogP) is 3.95. The van der Waals surface area contributed by atoms with Gasteiger partial charge in [-0.2, -0.15) is 0 Å². The number of rotatable bonds is 7. The molecule has 0 amide bonds. The molecular formula is C11H23O. The zero-order valence-corrected chi connectivity index (χ0v) is 8.86. The summed E-state index contributed by atoms with van der Waals surface area (Å²) in [6.07, 6.45) is 7.35. The minimum atomic E-state index is -0.617. The summed E-state index contributed by atoms with van der Waals surface area (Å²) in [5, 5.41) is 11.8. The van der Waals surface area contributed by atoms with Crippen molar-refractivity contribution in [2.75, 3.05) is 0 Å². The quantitative estimate of drug-likeness (QED) is 0.517. The Morgan fingerprint density at radius 3 is 1.92 bits per heavy atom. The molecule has 0 aliphatic carbocycles. The highest BCUT2D eigenvalue weighted by atomic mass is 16.3. The van der Waals surface area contributed by atoms with Gasteiger partial charge in [-0.3, -0.25) is 0 Å². The van der Waals surface area contributed by atoms with Crippen molar-refractivity contribution in [3.8, 4) is 0 Å². The summed E-state index contributed by atoms with van der Waals surface area (Å²) in [6.45, 7) is 6.22. The fourth-order valence-electron chi connectivity index (χ4n) is 1.48. The molecule has 0 rings (SSSR count). The van der Waals surface area contributed by atoms with Crippen LogP contribution in [0.1, 0.15) is 65.7 Å². The molecule has 73 valence electrons. The van der Waals surface area contributed by atoms with Crippen molar-refractivity contribution in [3.05, 3.63) is 0 Å². The first kappa shape index (κ1) is 12.0. The van der Waals surface area contributed by atoms with Crippen LogP contribution in [0.5, 0.6) is 0 Å². The van der Waals surface area contributed by atoms with Crippen molar-refractivity contribution in [3.63, 3.8) is 0 Å². The lowest BCUT2D eigenvalue weighted by molar-refractivity contribution is -0.0448. The maximum absolute atomic E-state index is 11.8. The Kier molecular flexibility index (Phi) is 6.45. The SMILES string of the molecule is CCCCCCC([O])(CC)CC. The van der Waals surface area contributed by atoms with E-state index in [1.54, 1.807) is 0 Å². The van der Waals surface area contributed by atoms with Gasteiger partial charge in [0.15, 0.2) is 0 Å². The first-order chi connectivity index (χ1) is 5.68. The van der Waals surface area contributed by atoms with Gasteiger partial charge in [0, 0.05) is 0 Å². The number of hydrogen-bond acceptors (Lipinski definition) is 0. The standard InChI is InChI=1S/C11H23O/c1-4-7-8-9-10-11(12,5-2)6-3/h4-10H2,1-3H3. The minimum absolute atomic E-state index is 0.617. The highest BCUT2D eigenvalue weighted by molar-refractivity contribution is 4.73. The molecule has 0 aromatic heterocycles. The van der Waals surface area contributed by atoms with Crippen LogP contribution in [0.15, 0.2) is 0 Å². The Hall–Kier alpha value is -0.0400. The largest absolute Gasteiger partial charge is 0.230 e. The molecule has 0 saturated carbocycles. The van der Waals surface area contributed by atoms with E-state index in [-0.39, 0.29) is 0 Å². The topological polar surface area (TPSA) is 19.9 Å². The van der Waals surface area contributed by atoms with E-state index in [2.05, 4.69) is 6.92 Å². The van der Waals surface area contributed by atoms with Crippen LogP contribution in [0.3, 0.4) is 0 Å². The summed E-state index contributed by atoms with van der Waals surface area (Å²) in [5.41, 5.74) is -0.617. The summed E-state index contributed by atoms with van der Waals surface area (Å²) in [5.74, 6) is 0. The predicted molar refractivity (Wildman–Crippen MR) is 52.8 cm³/mol. The van der Waals surface area contributed by atoms with Crippen LogP contribution in [0, 0.1) is 0 Å². The molecule has 0 saturated heterocycles. The zero-order chi connectivity index (χ0) is 9.45. The molecular weight excluding hydrogens is 148 g/mol. The van der Waals surface area contributed by atoms with Crippen LogP contribution in [0.25, 0.3) is 0 Å². The van der Waals surface area contributed by atoms with Gasteiger partial charge in [-0.25, -0.2) is 5.11 Å². The van der Waals surface area contributed by atoms with Crippen LogP contribution in [-0.4, -0.2) is 5.60 Å². The fraction of sp³-hybridized carbons (Fsp3) is 1.00. The monoisotopic (exact) mass is 171 g/mol. The maximum atomic E-state index is 11.8. The third-order valence-electron chi connectivity index (χ3n) is 2.77. The second-order valence-electron chi connectivity index (χ2n) is 3.70. The fourth-order valence-corrected chi connectivity index (χ4v) is 1.48. The molecule has 0 heterocycles. The lowest BCUT2D eigenvalue weighted by atomic mass is 9.91. The molecule has 0 N–H and O–H groups in total. The summed E-state index contributed by atoms with van der Waals surface area (Å²) < 4.78 is 0. The minimum Gasteiger partial charge on any atom is -0.230 e. The van der Waals surface area contributed by atoms with E-state index in [4.69, 9.17) is 0 Å². The molecule has 0 bridgehead atoms. The third-order valence-corrected chi connectivity index (χ3v) is 2.77.